The molecule has 0 radical (unpaired) electrons. The Hall–Kier alpha value is -8.58. The first kappa shape index (κ1) is 36.9. The zero-order chi connectivity index (χ0) is 43.3. The van der Waals surface area contributed by atoms with E-state index in [0.717, 1.165) is 0 Å². The van der Waals surface area contributed by atoms with Crippen molar-refractivity contribution in [1.82, 2.24) is 0 Å². The van der Waals surface area contributed by atoms with E-state index in [-0.39, 0.29) is 0 Å². The third kappa shape index (κ3) is 5.33. The van der Waals surface area contributed by atoms with Gasteiger partial charge in [-0.05, 0) is 154 Å². The second-order valence-electron chi connectivity index (χ2n) is 17.8. The van der Waals surface area contributed by atoms with Crippen LogP contribution in [0, 0.1) is 0 Å². The summed E-state index contributed by atoms with van der Waals surface area (Å²) >= 11 is 0. The van der Waals surface area contributed by atoms with E-state index in [2.05, 4.69) is 243 Å². The average Bonchev–Trinajstić information content (AvgIpc) is 3.39. The van der Waals surface area contributed by atoms with Gasteiger partial charge < -0.3 is 0 Å². The summed E-state index contributed by atoms with van der Waals surface area (Å²) in [7, 11) is 0. The Bertz CT molecular complexity index is 3920. The van der Waals surface area contributed by atoms with Crippen LogP contribution in [0.3, 0.4) is 0 Å². The standard InChI is InChI=1S/C66H40/c1-3-19-41(20-4-1)61-49-27-11-15-31-53(49)63(54-32-16-12-28-50(54)61)43-35-37-57-59(39-43)45-23-7-9-25-47(45)66-58-38-36-44(40-60(58)46-24-8-10-26-48(46)65(57)66)64-55-33-17-13-29-51(55)62(42-21-5-2-6-22-42)52-30-14-18-34-56(52)64/h1-40H. The van der Waals surface area contributed by atoms with E-state index in [4.69, 9.17) is 0 Å². The zero-order valence-electron chi connectivity index (χ0n) is 36.1. The third-order valence-corrected chi connectivity index (χ3v) is 14.4. The first-order valence-electron chi connectivity index (χ1n) is 23.0. The average molecular weight is 833 g/mol. The van der Waals surface area contributed by atoms with Gasteiger partial charge in [0.05, 0.1) is 0 Å². The van der Waals surface area contributed by atoms with Crippen LogP contribution in [0.2, 0.25) is 0 Å². The Kier molecular flexibility index (Phi) is 8.08. The monoisotopic (exact) mass is 832 g/mol. The molecule has 0 amide bonds. The molecule has 0 heteroatoms. The summed E-state index contributed by atoms with van der Waals surface area (Å²) in [6.07, 6.45) is 0. The predicted molar refractivity (Wildman–Crippen MR) is 286 cm³/mol. The second-order valence-corrected chi connectivity index (χ2v) is 17.8. The Morgan fingerprint density at radius 1 is 0.136 bits per heavy atom. The molecule has 14 aromatic carbocycles. The summed E-state index contributed by atoms with van der Waals surface area (Å²) in [4.78, 5) is 0. The lowest BCUT2D eigenvalue weighted by molar-refractivity contribution is 1.66. The van der Waals surface area contributed by atoms with E-state index in [9.17, 15) is 0 Å². The first-order chi connectivity index (χ1) is 32.8. The molecule has 304 valence electrons. The van der Waals surface area contributed by atoms with Crippen LogP contribution >= 0.6 is 0 Å². The van der Waals surface area contributed by atoms with Crippen molar-refractivity contribution in [2.45, 2.75) is 0 Å². The summed E-state index contributed by atoms with van der Waals surface area (Å²) in [6.45, 7) is 0. The van der Waals surface area contributed by atoms with Gasteiger partial charge in [0.15, 0.2) is 0 Å². The van der Waals surface area contributed by atoms with E-state index in [1.807, 2.05) is 0 Å². The number of hydrogen-bond acceptors (Lipinski definition) is 0. The highest BCUT2D eigenvalue weighted by Crippen LogP contribution is 2.50. The van der Waals surface area contributed by atoms with E-state index >= 15 is 0 Å². The van der Waals surface area contributed by atoms with E-state index < -0.39 is 0 Å². The van der Waals surface area contributed by atoms with Crippen molar-refractivity contribution in [3.05, 3.63) is 243 Å². The molecule has 14 aromatic rings. The smallest absolute Gasteiger partial charge is 0.00139 e. The lowest BCUT2D eigenvalue weighted by atomic mass is 9.83. The molecule has 0 N–H and O–H groups in total. The number of fused-ring (bicyclic) bond motifs is 15. The molecule has 0 fully saturated rings. The Labute approximate surface area is 382 Å². The second kappa shape index (κ2) is 14.5. The fourth-order valence-corrected chi connectivity index (χ4v) is 11.7. The minimum absolute atomic E-state index is 1.23. The molecule has 0 bridgehead atoms. The van der Waals surface area contributed by atoms with Crippen molar-refractivity contribution >= 4 is 97.0 Å². The molecule has 0 nitrogen and oxygen atoms in total. The van der Waals surface area contributed by atoms with Gasteiger partial charge in [-0.25, -0.2) is 0 Å². The maximum Gasteiger partial charge on any atom is -0.00139 e. The predicted octanol–water partition coefficient (Wildman–Crippen LogP) is 18.7. The minimum atomic E-state index is 1.23. The van der Waals surface area contributed by atoms with Crippen molar-refractivity contribution in [2.75, 3.05) is 0 Å². The van der Waals surface area contributed by atoms with E-state index in [1.165, 1.54) is 141 Å². The Morgan fingerprint density at radius 2 is 0.364 bits per heavy atom. The van der Waals surface area contributed by atoms with Crippen LogP contribution in [0.1, 0.15) is 0 Å². The summed E-state index contributed by atoms with van der Waals surface area (Å²) in [5, 5.41) is 22.9. The summed E-state index contributed by atoms with van der Waals surface area (Å²) in [6, 6.07) is 90.3. The van der Waals surface area contributed by atoms with E-state index in [1.54, 1.807) is 0 Å². The van der Waals surface area contributed by atoms with Gasteiger partial charge in [0, 0.05) is 0 Å². The van der Waals surface area contributed by atoms with Crippen LogP contribution in [-0.4, -0.2) is 0 Å². The van der Waals surface area contributed by atoms with Gasteiger partial charge in [0.1, 0.15) is 0 Å². The zero-order valence-corrected chi connectivity index (χ0v) is 36.1. The molecule has 0 atom stereocenters. The Balaban J connectivity index is 1.06. The summed E-state index contributed by atoms with van der Waals surface area (Å²) < 4.78 is 0. The molecule has 66 heavy (non-hydrogen) atoms. The maximum atomic E-state index is 2.48. The first-order valence-corrected chi connectivity index (χ1v) is 23.0. The molecular formula is C66H40. The van der Waals surface area contributed by atoms with Gasteiger partial charge in [0.2, 0.25) is 0 Å². The molecule has 0 aromatic heterocycles. The van der Waals surface area contributed by atoms with Crippen LogP contribution in [-0.2, 0) is 0 Å². The van der Waals surface area contributed by atoms with Crippen molar-refractivity contribution in [1.29, 1.82) is 0 Å². The fraction of sp³-hybridized carbons (Fsp3) is 0. The third-order valence-electron chi connectivity index (χ3n) is 14.4. The molecule has 0 aliphatic heterocycles. The lowest BCUT2D eigenvalue weighted by Crippen LogP contribution is -1.93. The quantitative estimate of drug-likeness (QED) is 0.122. The highest BCUT2D eigenvalue weighted by Gasteiger charge is 2.22. The molecule has 14 rings (SSSR count). The van der Waals surface area contributed by atoms with Crippen LogP contribution in [0.25, 0.3) is 141 Å². The minimum Gasteiger partial charge on any atom is -0.0622 e. The normalized spacial score (nSPS) is 11.9. The number of benzene rings is 14. The molecule has 0 saturated heterocycles. The SMILES string of the molecule is c1ccc(-c2c3ccccc3c(-c3ccc4c(c3)c3ccccc3c3c5ccc(-c6c7ccccc7c(-c7ccccc7)c7ccccc67)cc5c5ccccc5c43)c3ccccc23)cc1. The van der Waals surface area contributed by atoms with Gasteiger partial charge in [0.25, 0.3) is 0 Å². The van der Waals surface area contributed by atoms with E-state index in [0.29, 0.717) is 0 Å². The molecule has 0 heterocycles. The van der Waals surface area contributed by atoms with Gasteiger partial charge >= 0.3 is 0 Å². The molecule has 0 saturated carbocycles. The molecule has 0 aliphatic rings. The van der Waals surface area contributed by atoms with Gasteiger partial charge in [-0.3, -0.25) is 0 Å². The topological polar surface area (TPSA) is 0 Å². The number of rotatable bonds is 4. The summed E-state index contributed by atoms with van der Waals surface area (Å²) in [5.74, 6) is 0. The van der Waals surface area contributed by atoms with Crippen molar-refractivity contribution in [2.24, 2.45) is 0 Å². The van der Waals surface area contributed by atoms with Gasteiger partial charge in [-0.2, -0.15) is 0 Å². The van der Waals surface area contributed by atoms with Gasteiger partial charge in [-0.15, -0.1) is 0 Å². The number of hydrogen-bond donors (Lipinski definition) is 0. The fourth-order valence-electron chi connectivity index (χ4n) is 11.7. The molecule has 0 aliphatic carbocycles. The summed E-state index contributed by atoms with van der Waals surface area (Å²) in [5.41, 5.74) is 10.1. The van der Waals surface area contributed by atoms with Gasteiger partial charge in [-0.1, -0.05) is 231 Å². The van der Waals surface area contributed by atoms with Crippen molar-refractivity contribution in [3.63, 3.8) is 0 Å². The Morgan fingerprint density at radius 3 is 0.667 bits per heavy atom. The van der Waals surface area contributed by atoms with Crippen LogP contribution < -0.4 is 0 Å². The largest absolute Gasteiger partial charge is 0.0622 e. The highest BCUT2D eigenvalue weighted by atomic mass is 14.2. The molecule has 0 spiro atoms. The van der Waals surface area contributed by atoms with Crippen LogP contribution in [0.5, 0.6) is 0 Å². The van der Waals surface area contributed by atoms with Crippen molar-refractivity contribution in [3.8, 4) is 44.5 Å². The lowest BCUT2D eigenvalue weighted by Gasteiger charge is -2.20. The van der Waals surface area contributed by atoms with Crippen LogP contribution in [0.4, 0.5) is 0 Å². The van der Waals surface area contributed by atoms with Crippen LogP contribution in [0.15, 0.2) is 243 Å². The highest BCUT2D eigenvalue weighted by molar-refractivity contribution is 6.40. The van der Waals surface area contributed by atoms with Crippen molar-refractivity contribution < 1.29 is 0 Å². The molecular weight excluding hydrogens is 793 g/mol. The maximum absolute atomic E-state index is 2.48. The molecule has 0 unspecified atom stereocenters.